The van der Waals surface area contributed by atoms with Gasteiger partial charge in [-0.05, 0) is 33.1 Å². The van der Waals surface area contributed by atoms with Gasteiger partial charge >= 0.3 is 5.97 Å². The fourth-order valence-corrected chi connectivity index (χ4v) is 2.12. The Bertz CT molecular complexity index is 595. The summed E-state index contributed by atoms with van der Waals surface area (Å²) in [6.45, 7) is 7.53. The van der Waals surface area contributed by atoms with Crippen LogP contribution in [0.15, 0.2) is 0 Å². The standard InChI is InChI=1S/C17H31N5O6/c1-8(2)6-12(18)17(28)22-11(5)16(27)21-10(4)15(26)20-9(3)14(25)19-7-13(23)24/h8-12H,6-7,18H2,1-5H3,(H,19,25)(H,20,26)(H,21,27)(H,22,28)(H,23,24)/t9-,10-,11-,12-/m0/s1. The lowest BCUT2D eigenvalue weighted by Gasteiger charge is -2.21. The molecule has 0 rings (SSSR count). The first-order chi connectivity index (χ1) is 12.8. The van der Waals surface area contributed by atoms with Gasteiger partial charge < -0.3 is 32.1 Å². The van der Waals surface area contributed by atoms with Gasteiger partial charge in [0.2, 0.25) is 23.6 Å². The molecular weight excluding hydrogens is 370 g/mol. The summed E-state index contributed by atoms with van der Waals surface area (Å²) in [5, 5.41) is 17.9. The van der Waals surface area contributed by atoms with Crippen molar-refractivity contribution in [1.29, 1.82) is 0 Å². The van der Waals surface area contributed by atoms with Gasteiger partial charge in [0.15, 0.2) is 0 Å². The highest BCUT2D eigenvalue weighted by molar-refractivity contribution is 5.94. The third kappa shape index (κ3) is 9.86. The number of rotatable bonds is 11. The van der Waals surface area contributed by atoms with E-state index in [-0.39, 0.29) is 5.92 Å². The molecule has 0 saturated heterocycles. The first kappa shape index (κ1) is 25.3. The zero-order chi connectivity index (χ0) is 22.0. The number of aliphatic carboxylic acids is 1. The van der Waals surface area contributed by atoms with E-state index < -0.39 is 60.3 Å². The van der Waals surface area contributed by atoms with E-state index in [0.717, 1.165) is 0 Å². The van der Waals surface area contributed by atoms with Gasteiger partial charge in [-0.15, -0.1) is 0 Å². The molecule has 11 nitrogen and oxygen atoms in total. The molecule has 4 amide bonds. The second-order valence-corrected chi connectivity index (χ2v) is 7.04. The van der Waals surface area contributed by atoms with Gasteiger partial charge in [-0.2, -0.15) is 0 Å². The molecule has 160 valence electrons. The van der Waals surface area contributed by atoms with E-state index in [1.807, 2.05) is 13.8 Å². The van der Waals surface area contributed by atoms with E-state index in [4.69, 9.17) is 10.8 Å². The number of carboxylic acid groups (broad SMARTS) is 1. The summed E-state index contributed by atoms with van der Waals surface area (Å²) in [7, 11) is 0. The lowest BCUT2D eigenvalue weighted by Crippen LogP contribution is -2.56. The summed E-state index contributed by atoms with van der Waals surface area (Å²) in [5.74, 6) is -3.34. The van der Waals surface area contributed by atoms with Crippen molar-refractivity contribution in [3.8, 4) is 0 Å². The van der Waals surface area contributed by atoms with Crippen molar-refractivity contribution in [3.05, 3.63) is 0 Å². The molecule has 0 aliphatic rings. The quantitative estimate of drug-likeness (QED) is 0.233. The highest BCUT2D eigenvalue weighted by Gasteiger charge is 2.25. The van der Waals surface area contributed by atoms with Crippen LogP contribution in [0.3, 0.4) is 0 Å². The van der Waals surface area contributed by atoms with Gasteiger partial charge in [0.1, 0.15) is 24.7 Å². The molecule has 0 heterocycles. The third-order valence-corrected chi connectivity index (χ3v) is 3.73. The number of hydrogen-bond donors (Lipinski definition) is 6. The second-order valence-electron chi connectivity index (χ2n) is 7.04. The maximum absolute atomic E-state index is 12.1. The normalized spacial score (nSPS) is 15.0. The molecule has 0 fully saturated rings. The van der Waals surface area contributed by atoms with E-state index in [1.165, 1.54) is 20.8 Å². The molecule has 4 atom stereocenters. The average molecular weight is 401 g/mol. The van der Waals surface area contributed by atoms with Crippen molar-refractivity contribution in [2.75, 3.05) is 6.54 Å². The Kier molecular flexibility index (Phi) is 10.8. The van der Waals surface area contributed by atoms with Crippen LogP contribution in [-0.4, -0.2) is 65.4 Å². The monoisotopic (exact) mass is 401 g/mol. The molecule has 0 aliphatic carbocycles. The molecule has 7 N–H and O–H groups in total. The molecule has 0 aliphatic heterocycles. The maximum Gasteiger partial charge on any atom is 0.322 e. The molecule has 0 aromatic heterocycles. The molecule has 0 aromatic rings. The zero-order valence-corrected chi connectivity index (χ0v) is 16.9. The van der Waals surface area contributed by atoms with E-state index in [9.17, 15) is 24.0 Å². The van der Waals surface area contributed by atoms with Crippen molar-refractivity contribution in [3.63, 3.8) is 0 Å². The van der Waals surface area contributed by atoms with Crippen molar-refractivity contribution < 1.29 is 29.1 Å². The van der Waals surface area contributed by atoms with E-state index in [0.29, 0.717) is 6.42 Å². The summed E-state index contributed by atoms with van der Waals surface area (Å²) < 4.78 is 0. The molecule has 0 spiro atoms. The van der Waals surface area contributed by atoms with Gasteiger partial charge in [0, 0.05) is 0 Å². The van der Waals surface area contributed by atoms with Crippen LogP contribution < -0.4 is 27.0 Å². The fourth-order valence-electron chi connectivity index (χ4n) is 2.12. The Labute approximate surface area is 164 Å². The van der Waals surface area contributed by atoms with E-state index in [2.05, 4.69) is 21.3 Å². The van der Waals surface area contributed by atoms with Crippen LogP contribution in [-0.2, 0) is 24.0 Å². The number of hydrogen-bond acceptors (Lipinski definition) is 6. The number of nitrogens with one attached hydrogen (secondary N) is 4. The molecule has 0 unspecified atom stereocenters. The first-order valence-electron chi connectivity index (χ1n) is 9.01. The minimum absolute atomic E-state index is 0.225. The van der Waals surface area contributed by atoms with E-state index in [1.54, 1.807) is 0 Å². The van der Waals surface area contributed by atoms with Crippen LogP contribution in [0.2, 0.25) is 0 Å². The Morgan fingerprint density at radius 2 is 1.14 bits per heavy atom. The topological polar surface area (TPSA) is 180 Å². The largest absolute Gasteiger partial charge is 0.480 e. The minimum atomic E-state index is -1.21. The third-order valence-electron chi connectivity index (χ3n) is 3.73. The molecule has 11 heteroatoms. The first-order valence-corrected chi connectivity index (χ1v) is 9.01. The number of carboxylic acids is 1. The van der Waals surface area contributed by atoms with Crippen LogP contribution in [0.1, 0.15) is 41.0 Å². The Balaban J connectivity index is 4.51. The summed E-state index contributed by atoms with van der Waals surface area (Å²) in [4.78, 5) is 58.3. The van der Waals surface area contributed by atoms with Crippen molar-refractivity contribution in [1.82, 2.24) is 21.3 Å². The van der Waals surface area contributed by atoms with Crippen LogP contribution in [0.4, 0.5) is 0 Å². The second kappa shape index (κ2) is 11.9. The lowest BCUT2D eigenvalue weighted by atomic mass is 10.0. The Morgan fingerprint density at radius 3 is 1.54 bits per heavy atom. The fraction of sp³-hybridized carbons (Fsp3) is 0.706. The molecule has 28 heavy (non-hydrogen) atoms. The van der Waals surface area contributed by atoms with Gasteiger partial charge in [-0.3, -0.25) is 24.0 Å². The maximum atomic E-state index is 12.1. The van der Waals surface area contributed by atoms with Gasteiger partial charge in [-0.25, -0.2) is 0 Å². The van der Waals surface area contributed by atoms with Gasteiger partial charge in [0.25, 0.3) is 0 Å². The highest BCUT2D eigenvalue weighted by Crippen LogP contribution is 2.03. The highest BCUT2D eigenvalue weighted by atomic mass is 16.4. The summed E-state index contributed by atoms with van der Waals surface area (Å²) >= 11 is 0. The molecular formula is C17H31N5O6. The molecule has 0 bridgehead atoms. The van der Waals surface area contributed by atoms with Crippen LogP contribution in [0.25, 0.3) is 0 Å². The zero-order valence-electron chi connectivity index (χ0n) is 16.9. The number of nitrogens with two attached hydrogens (primary N) is 1. The molecule has 0 aromatic carbocycles. The predicted octanol–water partition coefficient (Wildman–Crippen LogP) is -1.93. The number of amides is 4. The van der Waals surface area contributed by atoms with Crippen molar-refractivity contribution in [2.45, 2.75) is 65.2 Å². The van der Waals surface area contributed by atoms with E-state index >= 15 is 0 Å². The van der Waals surface area contributed by atoms with Crippen molar-refractivity contribution >= 4 is 29.6 Å². The van der Waals surface area contributed by atoms with Gasteiger partial charge in [0.05, 0.1) is 6.04 Å². The van der Waals surface area contributed by atoms with Gasteiger partial charge in [-0.1, -0.05) is 13.8 Å². The Morgan fingerprint density at radius 1 is 0.750 bits per heavy atom. The lowest BCUT2D eigenvalue weighted by molar-refractivity contribution is -0.138. The average Bonchev–Trinajstić information content (AvgIpc) is 2.58. The number of carbonyl (C=O) groups excluding carboxylic acids is 4. The molecule has 0 radical (unpaired) electrons. The van der Waals surface area contributed by atoms with Crippen LogP contribution >= 0.6 is 0 Å². The predicted molar refractivity (Wildman–Crippen MR) is 101 cm³/mol. The smallest absolute Gasteiger partial charge is 0.322 e. The summed E-state index contributed by atoms with van der Waals surface area (Å²) in [6.07, 6.45) is 0.473. The summed E-state index contributed by atoms with van der Waals surface area (Å²) in [6, 6.07) is -3.61. The minimum Gasteiger partial charge on any atom is -0.480 e. The summed E-state index contributed by atoms with van der Waals surface area (Å²) in [5.41, 5.74) is 5.76. The molecule has 0 saturated carbocycles. The SMILES string of the molecule is CC(C)C[C@H](N)C(=O)N[C@@H](C)C(=O)N[C@@H](C)C(=O)N[C@@H](C)C(=O)NCC(=O)O. The Hall–Kier alpha value is -2.69. The van der Waals surface area contributed by atoms with Crippen LogP contribution in [0, 0.1) is 5.92 Å². The number of carbonyl (C=O) groups is 5. The van der Waals surface area contributed by atoms with Crippen molar-refractivity contribution in [2.24, 2.45) is 11.7 Å². The van der Waals surface area contributed by atoms with Crippen LogP contribution in [0.5, 0.6) is 0 Å².